The number of ether oxygens (including phenoxy) is 19. The van der Waals surface area contributed by atoms with Crippen LogP contribution in [0.3, 0.4) is 0 Å². The van der Waals surface area contributed by atoms with Crippen LogP contribution in [0.5, 0.6) is 0 Å². The highest BCUT2D eigenvalue weighted by Crippen LogP contribution is 2.42. The van der Waals surface area contributed by atoms with Crippen LogP contribution in [0.4, 0.5) is 0 Å². The molecule has 53 nitrogen and oxygen atoms in total. The van der Waals surface area contributed by atoms with Gasteiger partial charge in [-0.1, -0.05) is 0 Å². The quantitative estimate of drug-likeness (QED) is 0.0306. The monoisotopic (exact) mass is 1760 g/mol. The van der Waals surface area contributed by atoms with Crippen molar-refractivity contribution in [2.24, 2.45) is 0 Å². The van der Waals surface area contributed by atoms with E-state index >= 15 is 0 Å². The number of aliphatic hydroxyl groups is 26. The Morgan fingerprint density at radius 1 is 0.233 bits per heavy atom. The molecule has 0 aromatic heterocycles. The van der Waals surface area contributed by atoms with Crippen molar-refractivity contribution in [2.45, 2.75) is 335 Å². The van der Waals surface area contributed by atoms with E-state index in [1.54, 1.807) is 0 Å². The molecule has 30 N–H and O–H groups in total. The molecule has 10 aliphatic rings. The maximum atomic E-state index is 13.4. The molecule has 0 aliphatic carbocycles. The molecule has 0 spiro atoms. The first kappa shape index (κ1) is 98.3. The van der Waals surface area contributed by atoms with E-state index in [4.69, 9.17) is 90.0 Å². The van der Waals surface area contributed by atoms with Crippen molar-refractivity contribution in [1.29, 1.82) is 0 Å². The van der Waals surface area contributed by atoms with Gasteiger partial charge in [-0.05, 0) is 6.92 Å². The smallest absolute Gasteiger partial charge is 0.217 e. The molecule has 4 amide bonds. The van der Waals surface area contributed by atoms with Gasteiger partial charge in [0.1, 0.15) is 232 Å². The van der Waals surface area contributed by atoms with Crippen molar-refractivity contribution < 1.29 is 242 Å². The van der Waals surface area contributed by atoms with Crippen molar-refractivity contribution in [3.8, 4) is 0 Å². The topological polar surface area (TPSA) is 818 Å². The molecule has 0 aromatic carbocycles. The summed E-state index contributed by atoms with van der Waals surface area (Å²) in [6.45, 7) is -4.93. The fraction of sp³-hybridized carbons (Fsp3) is 0.940. The molecular formula is C67H112N4O49. The Labute approximate surface area is 679 Å². The van der Waals surface area contributed by atoms with Crippen molar-refractivity contribution in [3.05, 3.63) is 0 Å². The minimum Gasteiger partial charge on any atom is -0.394 e. The second kappa shape index (κ2) is 42.8. The van der Waals surface area contributed by atoms with Gasteiger partial charge in [-0.15, -0.1) is 0 Å². The van der Waals surface area contributed by atoms with E-state index < -0.39 is 384 Å². The predicted octanol–water partition coefficient (Wildman–Crippen LogP) is -20.6. The van der Waals surface area contributed by atoms with Crippen LogP contribution in [-0.2, 0) is 109 Å². The Kier molecular flexibility index (Phi) is 35.0. The first-order valence-corrected chi connectivity index (χ1v) is 38.4. The average molecular weight is 1760 g/mol. The summed E-state index contributed by atoms with van der Waals surface area (Å²) in [5, 5.41) is 300. The van der Waals surface area contributed by atoms with E-state index in [9.17, 15) is 152 Å². The zero-order valence-corrected chi connectivity index (χ0v) is 64.7. The molecular weight excluding hydrogens is 1640 g/mol. The molecule has 10 aliphatic heterocycles. The zero-order chi connectivity index (χ0) is 88.2. The molecule has 49 atom stereocenters. The maximum absolute atomic E-state index is 13.4. The molecule has 10 saturated heterocycles. The Bertz CT molecular complexity index is 3230. The summed E-state index contributed by atoms with van der Waals surface area (Å²) in [5.74, 6) is -3.62. The van der Waals surface area contributed by atoms with Gasteiger partial charge < -0.3 is 244 Å². The van der Waals surface area contributed by atoms with E-state index in [1.165, 1.54) is 6.92 Å². The third kappa shape index (κ3) is 21.4. The Balaban J connectivity index is 1.00. The summed E-state index contributed by atoms with van der Waals surface area (Å²) in [6, 6.07) is -7.37. The molecule has 10 rings (SSSR count). The second-order valence-corrected chi connectivity index (χ2v) is 30.5. The average Bonchev–Trinajstić information content (AvgIpc) is 0.850. The molecule has 1 unspecified atom stereocenters. The standard InChI is InChI=1S/C67H112N4O49/c1-15-33(84)41(92)46(97)63(103-15)118-55-31(70-18(4)82)58(101)104-27(13-79)53(55)116-60-30(69-17(3)81)40(91)50(24(10-76)109-60)115-67-57(120-64-45(96)36(87)22(8-74)108-64)56(38(89)28(112-67)14-102-62-48(99)43(94)51(25(11-77)110-62)113-59-29(68-16(2)80)39(90)34(85)20(6-72)105-59)119-66-49(100)44(95)52(26(12-78)111-66)114-61-32(71-19(5)83)54(37(88)23(9-75)106-61)117-65-47(98)42(93)35(86)21(7-73)107-65/h15,20-67,72-79,84-101H,6-14H2,1-5H3,(H,68,80)(H,69,81)(H,70,82)(H,71,83)/t15-,20+,21+,22+,23+,24+,25+,26+,27+,28+,29+,30+,31+,32+,33+,34+,35-,36-,37+,38+,39+,40+,41+,42-,43+,44+,45+,46-,47+,48-,49-,50+,51+,52+,53+,54+,55+,56-,57-,58?,59-,60-,61-,62-,63-,64-,65-,66+,67-/m0/s1. The zero-order valence-electron chi connectivity index (χ0n) is 64.7. The Hall–Kier alpha value is -3.92. The Morgan fingerprint density at radius 2 is 0.525 bits per heavy atom. The SMILES string of the molecule is CC(=O)N[C@H]1[C@H](O[C@H]2[C@H](O[C@@H]3O[C@@H](C)[C@@H](O)[C@@H](O)[C@@H]3O)[C@@H](NC(C)=O)C(O)O[C@@H]2CO)O[C@H](CO)[C@@H](O[C@@H]2O[C@H](CO[C@H]3O[C@H](CO)[C@@H](O[C@@H]4O[C@H](CO)[C@@H](O)[C@H](O)[C@H]4NC(C)=O)[C@H](O)[C@@H]3O)[C@@H](O)[C@H](O[C@H]3O[C@H](CO)[C@@H](O[C@@H]4O[C@H](CO)[C@@H](O)[C@H](O[C@@H]5O[C@H](CO)[C@H](O)[C@H](O)[C@H]5O)[C@H]4NC(C)=O)[C@H](O)[C@@H]3O)[C@@H]2O[C@@H]2O[C@H](CO)[C@H](O)[C@H]2O)[C@@H]1O. The van der Waals surface area contributed by atoms with E-state index in [0.29, 0.717) is 0 Å². The molecule has 694 valence electrons. The van der Waals surface area contributed by atoms with Crippen LogP contribution < -0.4 is 21.3 Å². The molecule has 120 heavy (non-hydrogen) atoms. The predicted molar refractivity (Wildman–Crippen MR) is 369 cm³/mol. The fourth-order valence-electron chi connectivity index (χ4n) is 15.7. The van der Waals surface area contributed by atoms with Gasteiger partial charge in [0, 0.05) is 27.7 Å². The minimum atomic E-state index is -2.58. The summed E-state index contributed by atoms with van der Waals surface area (Å²) >= 11 is 0. The third-order valence-corrected chi connectivity index (χ3v) is 22.1. The van der Waals surface area contributed by atoms with Gasteiger partial charge >= 0.3 is 0 Å². The number of aliphatic hydroxyl groups excluding tert-OH is 26. The number of carbonyl (C=O) groups is 4. The van der Waals surface area contributed by atoms with Gasteiger partial charge in [-0.2, -0.15) is 0 Å². The highest BCUT2D eigenvalue weighted by atomic mass is 16.8. The van der Waals surface area contributed by atoms with Crippen LogP contribution >= 0.6 is 0 Å². The largest absolute Gasteiger partial charge is 0.394 e. The van der Waals surface area contributed by atoms with Crippen molar-refractivity contribution in [3.63, 3.8) is 0 Å². The lowest BCUT2D eigenvalue weighted by molar-refractivity contribution is -0.403. The van der Waals surface area contributed by atoms with Gasteiger partial charge in [0.05, 0.1) is 65.6 Å². The van der Waals surface area contributed by atoms with Crippen LogP contribution in [0.2, 0.25) is 0 Å². The number of hydrogen-bond donors (Lipinski definition) is 30. The lowest BCUT2D eigenvalue weighted by Crippen LogP contribution is -2.71. The molecule has 0 aromatic rings. The highest BCUT2D eigenvalue weighted by molar-refractivity contribution is 5.74. The van der Waals surface area contributed by atoms with Gasteiger partial charge in [-0.25, -0.2) is 0 Å². The lowest BCUT2D eigenvalue weighted by atomic mass is 9.93. The summed E-state index contributed by atoms with van der Waals surface area (Å²) in [6.07, 6.45) is -93.2. The van der Waals surface area contributed by atoms with E-state index in [0.717, 1.165) is 27.7 Å². The molecule has 0 saturated carbocycles. The van der Waals surface area contributed by atoms with Gasteiger partial charge in [0.2, 0.25) is 23.6 Å². The number of nitrogens with one attached hydrogen (secondary N) is 4. The lowest BCUT2D eigenvalue weighted by Gasteiger charge is -2.52. The number of rotatable bonds is 31. The van der Waals surface area contributed by atoms with Crippen molar-refractivity contribution >= 4 is 23.6 Å². The molecule has 0 bridgehead atoms. The number of amides is 4. The molecule has 0 radical (unpaired) electrons. The normalized spacial score (nSPS) is 49.6. The highest BCUT2D eigenvalue weighted by Gasteiger charge is 2.62. The van der Waals surface area contributed by atoms with Crippen LogP contribution in [0, 0.1) is 0 Å². The van der Waals surface area contributed by atoms with Crippen LogP contribution in [0.15, 0.2) is 0 Å². The molecule has 53 heteroatoms. The summed E-state index contributed by atoms with van der Waals surface area (Å²) < 4.78 is 114. The number of carbonyl (C=O) groups excluding carboxylic acids is 4. The maximum Gasteiger partial charge on any atom is 0.217 e. The van der Waals surface area contributed by atoms with Crippen LogP contribution in [-0.4, -0.2) is 517 Å². The summed E-state index contributed by atoms with van der Waals surface area (Å²) in [7, 11) is 0. The van der Waals surface area contributed by atoms with E-state index in [-0.39, 0.29) is 0 Å². The van der Waals surface area contributed by atoms with Crippen molar-refractivity contribution in [2.75, 3.05) is 59.5 Å². The summed E-state index contributed by atoms with van der Waals surface area (Å²) in [5.41, 5.74) is 0. The second-order valence-electron chi connectivity index (χ2n) is 30.5. The van der Waals surface area contributed by atoms with Crippen LogP contribution in [0.1, 0.15) is 34.6 Å². The van der Waals surface area contributed by atoms with Gasteiger partial charge in [0.25, 0.3) is 0 Å². The first-order valence-electron chi connectivity index (χ1n) is 38.4. The molecule has 10 fully saturated rings. The number of hydrogen-bond acceptors (Lipinski definition) is 49. The molecule has 10 heterocycles. The van der Waals surface area contributed by atoms with Gasteiger partial charge in [-0.3, -0.25) is 19.2 Å². The summed E-state index contributed by atoms with van der Waals surface area (Å²) in [4.78, 5) is 51.4. The van der Waals surface area contributed by atoms with E-state index in [2.05, 4.69) is 21.3 Å². The first-order chi connectivity index (χ1) is 56.8. The van der Waals surface area contributed by atoms with Gasteiger partial charge in [0.15, 0.2) is 62.9 Å². The van der Waals surface area contributed by atoms with Crippen molar-refractivity contribution in [1.82, 2.24) is 21.3 Å². The Morgan fingerprint density at radius 3 is 1.02 bits per heavy atom. The third-order valence-electron chi connectivity index (χ3n) is 22.1. The fourth-order valence-corrected chi connectivity index (χ4v) is 15.7. The minimum absolute atomic E-state index is 0.810. The van der Waals surface area contributed by atoms with E-state index in [1.807, 2.05) is 0 Å². The van der Waals surface area contributed by atoms with Crippen LogP contribution in [0.25, 0.3) is 0 Å².